The number of carbonyl (C=O) groups is 1. The van der Waals surface area contributed by atoms with E-state index in [1.165, 1.54) is 0 Å². The van der Waals surface area contributed by atoms with Gasteiger partial charge in [0.05, 0.1) is 5.92 Å². The second kappa shape index (κ2) is 9.13. The Balaban J connectivity index is 0.00000400. The molecule has 0 radical (unpaired) electrons. The summed E-state index contributed by atoms with van der Waals surface area (Å²) in [5, 5.41) is 3.20. The highest BCUT2D eigenvalue weighted by atomic mass is 127. The van der Waals surface area contributed by atoms with Crippen LogP contribution >= 0.6 is 24.0 Å². The molecule has 0 aromatic rings. The van der Waals surface area contributed by atoms with Crippen molar-refractivity contribution in [3.63, 3.8) is 0 Å². The molecular formula is C15H26IN3O2. The van der Waals surface area contributed by atoms with Crippen LogP contribution in [-0.2, 0) is 9.53 Å². The van der Waals surface area contributed by atoms with E-state index in [0.717, 1.165) is 25.5 Å². The lowest BCUT2D eigenvalue weighted by Crippen LogP contribution is -2.41. The Labute approximate surface area is 144 Å². The summed E-state index contributed by atoms with van der Waals surface area (Å²) in [6, 6.07) is 0. The molecule has 1 aliphatic rings. The van der Waals surface area contributed by atoms with Gasteiger partial charge < -0.3 is 15.0 Å². The van der Waals surface area contributed by atoms with Crippen LogP contribution in [0.25, 0.3) is 0 Å². The highest BCUT2D eigenvalue weighted by molar-refractivity contribution is 14.0. The van der Waals surface area contributed by atoms with Crippen LogP contribution in [0.15, 0.2) is 4.99 Å². The zero-order valence-electron chi connectivity index (χ0n) is 13.3. The van der Waals surface area contributed by atoms with Crippen molar-refractivity contribution in [3.8, 4) is 12.3 Å². The quantitative estimate of drug-likeness (QED) is 0.255. The van der Waals surface area contributed by atoms with Gasteiger partial charge >= 0.3 is 5.97 Å². The minimum atomic E-state index is -0.438. The summed E-state index contributed by atoms with van der Waals surface area (Å²) in [6.07, 6.45) is 6.03. The van der Waals surface area contributed by atoms with Crippen LogP contribution in [-0.4, -0.2) is 48.6 Å². The standard InChI is InChI=1S/C15H25N3O2.HI/c1-6-9-17-14(16-7-2)18-10-8-12(11-18)13(19)20-15(3,4)5;/h1,12H,7-11H2,2-5H3,(H,16,17);1H. The molecule has 1 atom stereocenters. The number of hydrogen-bond donors (Lipinski definition) is 1. The third kappa shape index (κ3) is 7.02. The Kier molecular flexibility index (Phi) is 8.71. The number of hydrogen-bond acceptors (Lipinski definition) is 3. The number of terminal acetylenes is 1. The van der Waals surface area contributed by atoms with Gasteiger partial charge in [-0.1, -0.05) is 5.92 Å². The first kappa shape index (κ1) is 20.0. The number of halogens is 1. The maximum absolute atomic E-state index is 12.1. The maximum atomic E-state index is 12.1. The molecule has 120 valence electrons. The lowest BCUT2D eigenvalue weighted by atomic mass is 10.1. The molecule has 5 nitrogen and oxygen atoms in total. The van der Waals surface area contributed by atoms with E-state index < -0.39 is 5.60 Å². The highest BCUT2D eigenvalue weighted by Gasteiger charge is 2.33. The first-order chi connectivity index (χ1) is 9.37. The molecule has 0 saturated carbocycles. The summed E-state index contributed by atoms with van der Waals surface area (Å²) in [5.41, 5.74) is -0.438. The number of guanidine groups is 1. The van der Waals surface area contributed by atoms with Gasteiger partial charge in [-0.15, -0.1) is 30.4 Å². The first-order valence-electron chi connectivity index (χ1n) is 7.07. The van der Waals surface area contributed by atoms with E-state index in [4.69, 9.17) is 11.2 Å². The van der Waals surface area contributed by atoms with Gasteiger partial charge in [0.25, 0.3) is 0 Å². The fraction of sp³-hybridized carbons (Fsp3) is 0.733. The average Bonchev–Trinajstić information content (AvgIpc) is 2.82. The normalized spacial score (nSPS) is 18.7. The van der Waals surface area contributed by atoms with E-state index in [1.54, 1.807) is 0 Å². The molecule has 0 aromatic carbocycles. The van der Waals surface area contributed by atoms with Crippen LogP contribution in [0.1, 0.15) is 34.1 Å². The molecule has 6 heteroatoms. The van der Waals surface area contributed by atoms with Gasteiger partial charge in [-0.25, -0.2) is 4.99 Å². The van der Waals surface area contributed by atoms with E-state index in [2.05, 4.69) is 21.1 Å². The summed E-state index contributed by atoms with van der Waals surface area (Å²) in [5.74, 6) is 3.05. The summed E-state index contributed by atoms with van der Waals surface area (Å²) in [6.45, 7) is 10.2. The number of nitrogens with one attached hydrogen (secondary N) is 1. The Morgan fingerprint density at radius 3 is 2.71 bits per heavy atom. The largest absolute Gasteiger partial charge is 0.460 e. The first-order valence-corrected chi connectivity index (χ1v) is 7.07. The van der Waals surface area contributed by atoms with Crippen molar-refractivity contribution in [3.05, 3.63) is 0 Å². The fourth-order valence-corrected chi connectivity index (χ4v) is 2.08. The van der Waals surface area contributed by atoms with Gasteiger partial charge in [0.15, 0.2) is 5.96 Å². The van der Waals surface area contributed by atoms with E-state index >= 15 is 0 Å². The average molecular weight is 407 g/mol. The maximum Gasteiger partial charge on any atom is 0.311 e. The van der Waals surface area contributed by atoms with Gasteiger partial charge in [-0.05, 0) is 34.1 Å². The zero-order valence-corrected chi connectivity index (χ0v) is 15.6. The SMILES string of the molecule is C#CCN=C(NCC)N1CCC(C(=O)OC(C)(C)C)C1.I. The molecule has 0 bridgehead atoms. The lowest BCUT2D eigenvalue weighted by Gasteiger charge is -2.23. The molecule has 0 aliphatic carbocycles. The smallest absolute Gasteiger partial charge is 0.311 e. The van der Waals surface area contributed by atoms with Crippen molar-refractivity contribution in [1.29, 1.82) is 0 Å². The number of ether oxygens (including phenoxy) is 1. The molecule has 1 saturated heterocycles. The van der Waals surface area contributed by atoms with Crippen molar-refractivity contribution in [2.45, 2.75) is 39.7 Å². The second-order valence-corrected chi connectivity index (χ2v) is 5.84. The molecule has 1 fully saturated rings. The number of likely N-dealkylation sites (tertiary alicyclic amines) is 1. The van der Waals surface area contributed by atoms with Crippen LogP contribution < -0.4 is 5.32 Å². The van der Waals surface area contributed by atoms with E-state index in [-0.39, 0.29) is 35.9 Å². The van der Waals surface area contributed by atoms with Crippen molar-refractivity contribution in [1.82, 2.24) is 10.2 Å². The van der Waals surface area contributed by atoms with Crippen molar-refractivity contribution in [2.75, 3.05) is 26.2 Å². The van der Waals surface area contributed by atoms with Gasteiger partial charge in [0.2, 0.25) is 0 Å². The summed E-state index contributed by atoms with van der Waals surface area (Å²) < 4.78 is 5.43. The van der Waals surface area contributed by atoms with Crippen LogP contribution in [0, 0.1) is 18.3 Å². The predicted octanol–water partition coefficient (Wildman–Crippen LogP) is 1.87. The minimum absolute atomic E-state index is 0. The highest BCUT2D eigenvalue weighted by Crippen LogP contribution is 2.20. The molecule has 1 rings (SSSR count). The Hall–Kier alpha value is -0.970. The van der Waals surface area contributed by atoms with Gasteiger partial charge in [-0.2, -0.15) is 0 Å². The Morgan fingerprint density at radius 2 is 2.19 bits per heavy atom. The summed E-state index contributed by atoms with van der Waals surface area (Å²) in [7, 11) is 0. The minimum Gasteiger partial charge on any atom is -0.460 e. The molecule has 21 heavy (non-hydrogen) atoms. The third-order valence-corrected chi connectivity index (χ3v) is 2.88. The number of aliphatic imine (C=N–C) groups is 1. The lowest BCUT2D eigenvalue weighted by molar-refractivity contribution is -0.159. The molecule has 1 N–H and O–H groups in total. The van der Waals surface area contributed by atoms with E-state index in [9.17, 15) is 4.79 Å². The van der Waals surface area contributed by atoms with Crippen molar-refractivity contribution < 1.29 is 9.53 Å². The number of carbonyl (C=O) groups excluding carboxylic acids is 1. The van der Waals surface area contributed by atoms with Gasteiger partial charge in [0.1, 0.15) is 12.1 Å². The molecule has 0 amide bonds. The van der Waals surface area contributed by atoms with Gasteiger partial charge in [-0.3, -0.25) is 4.79 Å². The van der Waals surface area contributed by atoms with Crippen molar-refractivity contribution >= 4 is 35.9 Å². The van der Waals surface area contributed by atoms with Crippen LogP contribution in [0.3, 0.4) is 0 Å². The molecule has 1 heterocycles. The van der Waals surface area contributed by atoms with Gasteiger partial charge in [0, 0.05) is 19.6 Å². The van der Waals surface area contributed by atoms with E-state index in [1.807, 2.05) is 27.7 Å². The third-order valence-electron chi connectivity index (χ3n) is 2.88. The van der Waals surface area contributed by atoms with Crippen molar-refractivity contribution in [2.24, 2.45) is 10.9 Å². The zero-order chi connectivity index (χ0) is 15.2. The molecular weight excluding hydrogens is 381 g/mol. The number of nitrogens with zero attached hydrogens (tertiary/aromatic N) is 2. The van der Waals surface area contributed by atoms with Crippen LogP contribution in [0.5, 0.6) is 0 Å². The molecule has 1 aliphatic heterocycles. The Bertz CT molecular complexity index is 410. The second-order valence-electron chi connectivity index (χ2n) is 5.84. The summed E-state index contributed by atoms with van der Waals surface area (Å²) in [4.78, 5) is 18.4. The molecule has 0 spiro atoms. The monoisotopic (exact) mass is 407 g/mol. The Morgan fingerprint density at radius 1 is 1.52 bits per heavy atom. The molecule has 0 aromatic heterocycles. The summed E-state index contributed by atoms with van der Waals surface area (Å²) >= 11 is 0. The van der Waals surface area contributed by atoms with E-state index in [0.29, 0.717) is 13.1 Å². The fourth-order valence-electron chi connectivity index (χ4n) is 2.08. The topological polar surface area (TPSA) is 53.9 Å². The number of esters is 1. The van der Waals surface area contributed by atoms with Crippen LogP contribution in [0.4, 0.5) is 0 Å². The molecule has 1 unspecified atom stereocenters. The number of rotatable bonds is 3. The predicted molar refractivity (Wildman–Crippen MR) is 95.8 cm³/mol. The van der Waals surface area contributed by atoms with Crippen LogP contribution in [0.2, 0.25) is 0 Å².